The van der Waals surface area contributed by atoms with Crippen LogP contribution in [0.5, 0.6) is 0 Å². The topological polar surface area (TPSA) is 60.2 Å². The third kappa shape index (κ3) is 3.38. The van der Waals surface area contributed by atoms with Crippen LogP contribution in [0.3, 0.4) is 0 Å². The molecule has 2 aliphatic heterocycles. The van der Waals surface area contributed by atoms with Crippen molar-refractivity contribution >= 4 is 5.91 Å². The number of carbonyl (C=O) groups excluding carboxylic acids is 1. The first-order chi connectivity index (χ1) is 12.7. The van der Waals surface area contributed by atoms with E-state index >= 15 is 0 Å². The van der Waals surface area contributed by atoms with Gasteiger partial charge in [0.2, 0.25) is 0 Å². The van der Waals surface area contributed by atoms with Gasteiger partial charge < -0.3 is 14.2 Å². The van der Waals surface area contributed by atoms with Gasteiger partial charge in [-0.2, -0.15) is 0 Å². The van der Waals surface area contributed by atoms with Crippen LogP contribution in [0.4, 0.5) is 0 Å². The average molecular weight is 354 g/mol. The van der Waals surface area contributed by atoms with E-state index in [-0.39, 0.29) is 5.91 Å². The number of amides is 1. The molecule has 0 N–H and O–H groups in total. The maximum absolute atomic E-state index is 12.8. The van der Waals surface area contributed by atoms with Gasteiger partial charge in [0.1, 0.15) is 11.4 Å². The zero-order chi connectivity index (χ0) is 18.0. The van der Waals surface area contributed by atoms with Gasteiger partial charge in [0.25, 0.3) is 5.91 Å². The van der Waals surface area contributed by atoms with E-state index < -0.39 is 5.60 Å². The number of pyridine rings is 1. The van der Waals surface area contributed by atoms with Crippen LogP contribution in [0.25, 0.3) is 0 Å². The highest BCUT2D eigenvalue weighted by atomic mass is 16.5. The van der Waals surface area contributed by atoms with E-state index in [1.54, 1.807) is 0 Å². The molecule has 0 saturated carbocycles. The van der Waals surface area contributed by atoms with Gasteiger partial charge in [-0.3, -0.25) is 9.78 Å². The average Bonchev–Trinajstić information content (AvgIpc) is 3.32. The van der Waals surface area contributed by atoms with Crippen molar-refractivity contribution in [1.82, 2.24) is 19.4 Å². The number of imidazole rings is 1. The molecule has 2 fully saturated rings. The predicted octanol–water partition coefficient (Wildman–Crippen LogP) is 2.60. The molecule has 4 heterocycles. The van der Waals surface area contributed by atoms with Gasteiger partial charge in [0.15, 0.2) is 0 Å². The first-order valence-corrected chi connectivity index (χ1v) is 9.49. The maximum atomic E-state index is 12.8. The lowest BCUT2D eigenvalue weighted by molar-refractivity contribution is -0.152. The Hall–Kier alpha value is -2.21. The van der Waals surface area contributed by atoms with Crippen molar-refractivity contribution in [3.8, 4) is 0 Å². The molecule has 1 amide bonds. The normalized spacial score (nSPS) is 24.1. The molecule has 0 radical (unpaired) electrons. The molecule has 2 aromatic heterocycles. The number of ether oxygens (including phenoxy) is 1. The highest BCUT2D eigenvalue weighted by molar-refractivity contribution is 5.85. The third-order valence-corrected chi connectivity index (χ3v) is 5.67. The van der Waals surface area contributed by atoms with Crippen molar-refractivity contribution < 1.29 is 9.53 Å². The van der Waals surface area contributed by atoms with E-state index in [0.717, 1.165) is 51.1 Å². The Balaban J connectivity index is 1.40. The second-order valence-corrected chi connectivity index (χ2v) is 7.52. The van der Waals surface area contributed by atoms with Crippen LogP contribution in [0.1, 0.15) is 49.9 Å². The van der Waals surface area contributed by atoms with Gasteiger partial charge in [-0.15, -0.1) is 0 Å². The molecule has 0 unspecified atom stereocenters. The summed E-state index contributed by atoms with van der Waals surface area (Å²) in [7, 11) is 0. The van der Waals surface area contributed by atoms with E-state index in [1.807, 2.05) is 48.7 Å². The summed E-state index contributed by atoms with van der Waals surface area (Å²) in [6.45, 7) is 5.01. The fourth-order valence-electron chi connectivity index (χ4n) is 4.12. The molecule has 0 bridgehead atoms. The van der Waals surface area contributed by atoms with Gasteiger partial charge in [-0.05, 0) is 50.3 Å². The third-order valence-electron chi connectivity index (χ3n) is 5.67. The number of likely N-dealkylation sites (tertiary alicyclic amines) is 1. The first kappa shape index (κ1) is 17.2. The SMILES string of the molecule is C[C@@]1(C(=O)N2CCC(c3nccn3Cc3ccncc3)CC2)CCCO1. The summed E-state index contributed by atoms with van der Waals surface area (Å²) >= 11 is 0. The molecular formula is C20H26N4O2. The Morgan fingerprint density at radius 1 is 1.27 bits per heavy atom. The van der Waals surface area contributed by atoms with Crippen LogP contribution in [-0.4, -0.2) is 50.6 Å². The van der Waals surface area contributed by atoms with Crippen LogP contribution in [0.2, 0.25) is 0 Å². The van der Waals surface area contributed by atoms with Crippen LogP contribution in [-0.2, 0) is 16.1 Å². The van der Waals surface area contributed by atoms with Crippen molar-refractivity contribution in [3.05, 3.63) is 48.3 Å². The van der Waals surface area contributed by atoms with Crippen LogP contribution in [0.15, 0.2) is 36.9 Å². The lowest BCUT2D eigenvalue weighted by Gasteiger charge is -2.36. The van der Waals surface area contributed by atoms with Crippen LogP contribution >= 0.6 is 0 Å². The van der Waals surface area contributed by atoms with Gasteiger partial charge in [0, 0.05) is 56.9 Å². The number of piperidine rings is 1. The lowest BCUT2D eigenvalue weighted by Crippen LogP contribution is -2.49. The monoisotopic (exact) mass is 354 g/mol. The maximum Gasteiger partial charge on any atom is 0.254 e. The largest absolute Gasteiger partial charge is 0.365 e. The molecule has 138 valence electrons. The summed E-state index contributed by atoms with van der Waals surface area (Å²) in [4.78, 5) is 23.5. The molecule has 2 saturated heterocycles. The number of aromatic nitrogens is 3. The number of rotatable bonds is 4. The van der Waals surface area contributed by atoms with Crippen molar-refractivity contribution in [3.63, 3.8) is 0 Å². The standard InChI is InChI=1S/C20H26N4O2/c1-20(7-2-14-26-20)19(25)23-11-5-17(6-12-23)18-22-10-13-24(18)15-16-3-8-21-9-4-16/h3-4,8-10,13,17H,2,5-7,11-12,14-15H2,1H3/t20-/m0/s1. The minimum absolute atomic E-state index is 0.161. The molecule has 2 aromatic rings. The summed E-state index contributed by atoms with van der Waals surface area (Å²) in [6, 6.07) is 4.07. The van der Waals surface area contributed by atoms with E-state index in [0.29, 0.717) is 12.5 Å². The van der Waals surface area contributed by atoms with Crippen LogP contribution < -0.4 is 0 Å². The number of hydrogen-bond donors (Lipinski definition) is 0. The fourth-order valence-corrected chi connectivity index (χ4v) is 4.12. The molecule has 6 heteroatoms. The Bertz CT molecular complexity index is 744. The fraction of sp³-hybridized carbons (Fsp3) is 0.550. The molecule has 6 nitrogen and oxygen atoms in total. The van der Waals surface area contributed by atoms with Crippen molar-refractivity contribution in [2.75, 3.05) is 19.7 Å². The zero-order valence-electron chi connectivity index (χ0n) is 15.3. The summed E-state index contributed by atoms with van der Waals surface area (Å²) in [5.41, 5.74) is 0.616. The molecule has 1 atom stereocenters. The van der Waals surface area contributed by atoms with Gasteiger partial charge in [-0.25, -0.2) is 4.98 Å². The van der Waals surface area contributed by atoms with Gasteiger partial charge in [-0.1, -0.05) is 0 Å². The smallest absolute Gasteiger partial charge is 0.254 e. The molecule has 26 heavy (non-hydrogen) atoms. The summed E-state index contributed by atoms with van der Waals surface area (Å²) in [5, 5.41) is 0. The lowest BCUT2D eigenvalue weighted by atomic mass is 9.93. The quantitative estimate of drug-likeness (QED) is 0.847. The minimum Gasteiger partial charge on any atom is -0.365 e. The van der Waals surface area contributed by atoms with Crippen molar-refractivity contribution in [2.24, 2.45) is 0 Å². The predicted molar refractivity (Wildman–Crippen MR) is 97.7 cm³/mol. The molecule has 0 spiro atoms. The highest BCUT2D eigenvalue weighted by Crippen LogP contribution is 2.32. The number of carbonyl (C=O) groups is 1. The molecule has 4 rings (SSSR count). The molecule has 0 aliphatic carbocycles. The molecular weight excluding hydrogens is 328 g/mol. The van der Waals surface area contributed by atoms with E-state index in [2.05, 4.69) is 14.5 Å². The summed E-state index contributed by atoms with van der Waals surface area (Å²) < 4.78 is 7.95. The van der Waals surface area contributed by atoms with Gasteiger partial charge in [0.05, 0.1) is 0 Å². The zero-order valence-corrected chi connectivity index (χ0v) is 15.3. The highest BCUT2D eigenvalue weighted by Gasteiger charge is 2.41. The Kier molecular flexibility index (Phi) is 4.76. The Morgan fingerprint density at radius 2 is 2.04 bits per heavy atom. The second kappa shape index (κ2) is 7.19. The van der Waals surface area contributed by atoms with E-state index in [9.17, 15) is 4.79 Å². The molecule has 2 aliphatic rings. The summed E-state index contributed by atoms with van der Waals surface area (Å²) in [6.07, 6.45) is 11.3. The second-order valence-electron chi connectivity index (χ2n) is 7.52. The van der Waals surface area contributed by atoms with Crippen LogP contribution in [0, 0.1) is 0 Å². The molecule has 0 aromatic carbocycles. The Morgan fingerprint density at radius 3 is 2.73 bits per heavy atom. The first-order valence-electron chi connectivity index (χ1n) is 9.49. The van der Waals surface area contributed by atoms with Crippen molar-refractivity contribution in [1.29, 1.82) is 0 Å². The van der Waals surface area contributed by atoms with Crippen molar-refractivity contribution in [2.45, 2.75) is 50.7 Å². The minimum atomic E-state index is -0.605. The van der Waals surface area contributed by atoms with E-state index in [4.69, 9.17) is 4.74 Å². The van der Waals surface area contributed by atoms with E-state index in [1.165, 1.54) is 5.56 Å². The van der Waals surface area contributed by atoms with Gasteiger partial charge >= 0.3 is 0 Å². The Labute approximate surface area is 154 Å². The number of nitrogens with zero attached hydrogens (tertiary/aromatic N) is 4. The summed E-state index contributed by atoms with van der Waals surface area (Å²) in [5.74, 6) is 1.68. The number of hydrogen-bond acceptors (Lipinski definition) is 4.